The summed E-state index contributed by atoms with van der Waals surface area (Å²) < 4.78 is 0. The van der Waals surface area contributed by atoms with E-state index in [0.717, 1.165) is 5.69 Å². The fourth-order valence-electron chi connectivity index (χ4n) is 1.44. The first kappa shape index (κ1) is 13.4. The molecule has 0 saturated heterocycles. The third-order valence-corrected chi connectivity index (χ3v) is 3.18. The minimum absolute atomic E-state index is 0.0318. The van der Waals surface area contributed by atoms with Crippen molar-refractivity contribution < 1.29 is 9.90 Å². The Bertz CT molecular complexity index is 610. The van der Waals surface area contributed by atoms with Crippen LogP contribution in [0.2, 0.25) is 0 Å². The summed E-state index contributed by atoms with van der Waals surface area (Å²) in [4.78, 5) is 23.4. The van der Waals surface area contributed by atoms with Gasteiger partial charge in [-0.15, -0.1) is 11.3 Å². The van der Waals surface area contributed by atoms with E-state index in [1.807, 2.05) is 5.38 Å². The molecule has 0 radical (unpaired) electrons. The van der Waals surface area contributed by atoms with E-state index in [-0.39, 0.29) is 11.6 Å². The van der Waals surface area contributed by atoms with Crippen LogP contribution in [0.1, 0.15) is 41.6 Å². The molecule has 0 spiro atoms. The Morgan fingerprint density at radius 3 is 2.68 bits per heavy atom. The van der Waals surface area contributed by atoms with E-state index in [0.29, 0.717) is 16.7 Å². The number of nitrogens with one attached hydrogen (secondary N) is 1. The Hall–Kier alpha value is -2.02. The molecule has 2 rings (SSSR count). The first-order chi connectivity index (χ1) is 8.95. The Morgan fingerprint density at radius 2 is 2.11 bits per heavy atom. The molecule has 0 aromatic carbocycles. The quantitative estimate of drug-likeness (QED) is 0.894. The monoisotopic (exact) mass is 278 g/mol. The molecule has 2 aromatic heterocycles. The molecule has 0 fully saturated rings. The number of carbonyl (C=O) groups is 1. The van der Waals surface area contributed by atoms with Crippen molar-refractivity contribution in [1.82, 2.24) is 15.0 Å². The molecule has 19 heavy (non-hydrogen) atoms. The molecule has 0 aliphatic rings. The minimum atomic E-state index is -1.07. The average Bonchev–Trinajstić information content (AvgIpc) is 2.76. The zero-order chi connectivity index (χ0) is 14.0. The zero-order valence-corrected chi connectivity index (χ0v) is 11.7. The predicted octanol–water partition coefficient (Wildman–Crippen LogP) is 2.81. The number of hydrogen-bond donors (Lipinski definition) is 2. The molecule has 0 aliphatic carbocycles. The lowest BCUT2D eigenvalue weighted by atomic mass is 10.2. The number of anilines is 2. The van der Waals surface area contributed by atoms with Crippen LogP contribution in [0.25, 0.3) is 0 Å². The van der Waals surface area contributed by atoms with Gasteiger partial charge in [-0.2, -0.15) is 0 Å². The van der Waals surface area contributed by atoms with Crippen molar-refractivity contribution in [2.75, 3.05) is 5.32 Å². The summed E-state index contributed by atoms with van der Waals surface area (Å²) >= 11 is 1.44. The van der Waals surface area contributed by atoms with Gasteiger partial charge >= 0.3 is 5.97 Å². The molecule has 2 N–H and O–H groups in total. The number of aryl methyl sites for hydroxylation is 1. The number of carboxylic acid groups (broad SMARTS) is 1. The van der Waals surface area contributed by atoms with Crippen molar-refractivity contribution in [2.45, 2.75) is 26.7 Å². The zero-order valence-electron chi connectivity index (χ0n) is 10.8. The van der Waals surface area contributed by atoms with Crippen LogP contribution in [-0.2, 0) is 0 Å². The van der Waals surface area contributed by atoms with Crippen molar-refractivity contribution in [2.24, 2.45) is 0 Å². The second-order valence-electron chi connectivity index (χ2n) is 4.38. The summed E-state index contributed by atoms with van der Waals surface area (Å²) in [6.07, 6.45) is 0. The summed E-state index contributed by atoms with van der Waals surface area (Å²) in [5.41, 5.74) is 1.55. The van der Waals surface area contributed by atoms with E-state index < -0.39 is 5.97 Å². The van der Waals surface area contributed by atoms with Gasteiger partial charge in [0, 0.05) is 11.1 Å². The van der Waals surface area contributed by atoms with Crippen molar-refractivity contribution in [3.05, 3.63) is 28.5 Å². The molecular formula is C12H14N4O2S. The van der Waals surface area contributed by atoms with E-state index in [4.69, 9.17) is 5.11 Å². The highest BCUT2D eigenvalue weighted by Gasteiger charge is 2.11. The topological polar surface area (TPSA) is 88.0 Å². The van der Waals surface area contributed by atoms with Crippen LogP contribution < -0.4 is 5.32 Å². The Labute approximate surface area is 114 Å². The molecule has 0 saturated carbocycles. The molecule has 2 heterocycles. The first-order valence-corrected chi connectivity index (χ1v) is 6.65. The third kappa shape index (κ3) is 3.25. The maximum absolute atomic E-state index is 10.9. The lowest BCUT2D eigenvalue weighted by molar-refractivity contribution is 0.0690. The second-order valence-corrected chi connectivity index (χ2v) is 5.24. The third-order valence-electron chi connectivity index (χ3n) is 2.41. The van der Waals surface area contributed by atoms with Crippen LogP contribution in [-0.4, -0.2) is 26.0 Å². The second kappa shape index (κ2) is 5.31. The molecular weight excluding hydrogens is 264 g/mol. The molecule has 0 aliphatic heterocycles. The van der Waals surface area contributed by atoms with Gasteiger partial charge < -0.3 is 10.4 Å². The molecule has 7 heteroatoms. The summed E-state index contributed by atoms with van der Waals surface area (Å²) in [6.45, 7) is 5.84. The summed E-state index contributed by atoms with van der Waals surface area (Å²) in [5, 5.41) is 14.5. The molecule has 0 unspecified atom stereocenters. The minimum Gasteiger partial charge on any atom is -0.477 e. The number of aromatic nitrogens is 3. The number of aromatic carboxylic acids is 1. The van der Waals surface area contributed by atoms with Crippen molar-refractivity contribution >= 4 is 28.4 Å². The maximum atomic E-state index is 10.9. The summed E-state index contributed by atoms with van der Waals surface area (Å²) in [6, 6.07) is 1.43. The van der Waals surface area contributed by atoms with Crippen LogP contribution >= 0.6 is 11.3 Å². The number of hydrogen-bond acceptors (Lipinski definition) is 6. The lowest BCUT2D eigenvalue weighted by Crippen LogP contribution is -2.06. The summed E-state index contributed by atoms with van der Waals surface area (Å²) in [5.74, 6) is -0.475. The lowest BCUT2D eigenvalue weighted by Gasteiger charge is -2.03. The van der Waals surface area contributed by atoms with Crippen molar-refractivity contribution in [3.63, 3.8) is 0 Å². The van der Waals surface area contributed by atoms with Gasteiger partial charge in [0.2, 0.25) is 5.95 Å². The molecule has 2 aromatic rings. The number of nitrogens with zero attached hydrogens (tertiary/aromatic N) is 3. The van der Waals surface area contributed by atoms with Crippen LogP contribution in [0, 0.1) is 6.92 Å². The highest BCUT2D eigenvalue weighted by atomic mass is 32.1. The van der Waals surface area contributed by atoms with E-state index in [2.05, 4.69) is 34.1 Å². The van der Waals surface area contributed by atoms with Crippen LogP contribution in [0.4, 0.5) is 11.1 Å². The van der Waals surface area contributed by atoms with Gasteiger partial charge in [0.15, 0.2) is 10.8 Å². The standard InChI is InChI=1S/C12H14N4O2S/c1-6(2)9-5-19-12(15-9)16-11-13-7(3)4-8(14-11)10(17)18/h4-6H,1-3H3,(H,17,18)(H,13,14,15,16). The fraction of sp³-hybridized carbons (Fsp3) is 0.333. The van der Waals surface area contributed by atoms with Gasteiger partial charge in [-0.05, 0) is 18.9 Å². The maximum Gasteiger partial charge on any atom is 0.354 e. The van der Waals surface area contributed by atoms with Crippen molar-refractivity contribution in [3.8, 4) is 0 Å². The first-order valence-electron chi connectivity index (χ1n) is 5.77. The highest BCUT2D eigenvalue weighted by molar-refractivity contribution is 7.13. The molecule has 0 amide bonds. The Balaban J connectivity index is 2.24. The van der Waals surface area contributed by atoms with Crippen LogP contribution in [0.5, 0.6) is 0 Å². The van der Waals surface area contributed by atoms with Gasteiger partial charge in [-0.3, -0.25) is 0 Å². The van der Waals surface area contributed by atoms with E-state index in [1.165, 1.54) is 17.4 Å². The molecule has 0 atom stereocenters. The SMILES string of the molecule is Cc1cc(C(=O)O)nc(Nc2nc(C(C)C)cs2)n1. The van der Waals surface area contributed by atoms with Gasteiger partial charge in [-0.1, -0.05) is 13.8 Å². The van der Waals surface area contributed by atoms with E-state index >= 15 is 0 Å². The Kier molecular flexibility index (Phi) is 3.75. The van der Waals surface area contributed by atoms with Gasteiger partial charge in [0.25, 0.3) is 0 Å². The smallest absolute Gasteiger partial charge is 0.354 e. The largest absolute Gasteiger partial charge is 0.477 e. The van der Waals surface area contributed by atoms with E-state index in [1.54, 1.807) is 6.92 Å². The molecule has 100 valence electrons. The van der Waals surface area contributed by atoms with Crippen molar-refractivity contribution in [1.29, 1.82) is 0 Å². The van der Waals surface area contributed by atoms with Crippen LogP contribution in [0.15, 0.2) is 11.4 Å². The molecule has 6 nitrogen and oxygen atoms in total. The van der Waals surface area contributed by atoms with E-state index in [9.17, 15) is 4.79 Å². The Morgan fingerprint density at radius 1 is 1.37 bits per heavy atom. The average molecular weight is 278 g/mol. The van der Waals surface area contributed by atoms with Gasteiger partial charge in [0.05, 0.1) is 5.69 Å². The van der Waals surface area contributed by atoms with Gasteiger partial charge in [-0.25, -0.2) is 19.7 Å². The van der Waals surface area contributed by atoms with Crippen LogP contribution in [0.3, 0.4) is 0 Å². The normalized spacial score (nSPS) is 10.7. The number of rotatable bonds is 4. The van der Waals surface area contributed by atoms with Gasteiger partial charge in [0.1, 0.15) is 0 Å². The highest BCUT2D eigenvalue weighted by Crippen LogP contribution is 2.23. The predicted molar refractivity (Wildman–Crippen MR) is 73.2 cm³/mol. The fourth-order valence-corrected chi connectivity index (χ4v) is 2.30. The molecule has 0 bridgehead atoms. The number of thiazole rings is 1. The summed E-state index contributed by atoms with van der Waals surface area (Å²) in [7, 11) is 0. The number of carboxylic acids is 1.